The number of aromatic nitrogens is 2. The van der Waals surface area contributed by atoms with Gasteiger partial charge in [0.25, 0.3) is 0 Å². The van der Waals surface area contributed by atoms with E-state index in [4.69, 9.17) is 0 Å². The average molecular weight is 611 g/mol. The lowest BCUT2D eigenvalue weighted by molar-refractivity contribution is 1.13. The molecule has 48 heavy (non-hydrogen) atoms. The van der Waals surface area contributed by atoms with Crippen LogP contribution >= 0.6 is 0 Å². The van der Waals surface area contributed by atoms with Gasteiger partial charge in [-0.3, -0.25) is 0 Å². The Kier molecular flexibility index (Phi) is 5.91. The molecule has 2 heterocycles. The molecule has 224 valence electrons. The summed E-state index contributed by atoms with van der Waals surface area (Å²) in [5.74, 6) is 0. The van der Waals surface area contributed by atoms with E-state index in [0.717, 1.165) is 11.4 Å². The number of hydrogen-bond donors (Lipinski definition) is 0. The molecule has 0 unspecified atom stereocenters. The Bertz CT molecular complexity index is 2800. The summed E-state index contributed by atoms with van der Waals surface area (Å²) in [6, 6.07) is 64.0. The number of rotatable bonds is 4. The molecule has 0 saturated carbocycles. The van der Waals surface area contributed by atoms with E-state index in [1.165, 1.54) is 76.5 Å². The Hall–Kier alpha value is -6.38. The molecule has 0 N–H and O–H groups in total. The maximum absolute atomic E-state index is 2.44. The minimum absolute atomic E-state index is 1.15. The van der Waals surface area contributed by atoms with Crippen molar-refractivity contribution in [1.29, 1.82) is 0 Å². The second-order valence-corrected chi connectivity index (χ2v) is 12.7. The summed E-state index contributed by atoms with van der Waals surface area (Å²) in [5.41, 5.74) is 10.8. The number of benzene rings is 8. The Labute approximate surface area is 278 Å². The summed E-state index contributed by atoms with van der Waals surface area (Å²) in [6.07, 6.45) is 2.20. The Morgan fingerprint density at radius 3 is 1.71 bits per heavy atom. The van der Waals surface area contributed by atoms with Crippen LogP contribution in [0.3, 0.4) is 0 Å². The van der Waals surface area contributed by atoms with Crippen molar-refractivity contribution in [3.05, 3.63) is 182 Å². The smallest absolute Gasteiger partial charge is 0.0635 e. The van der Waals surface area contributed by atoms with Crippen LogP contribution in [0.25, 0.3) is 87.9 Å². The lowest BCUT2D eigenvalue weighted by Crippen LogP contribution is -1.95. The van der Waals surface area contributed by atoms with Crippen molar-refractivity contribution in [2.45, 2.75) is 0 Å². The Morgan fingerprint density at radius 2 is 0.917 bits per heavy atom. The molecular weight excluding hydrogens is 581 g/mol. The van der Waals surface area contributed by atoms with Crippen LogP contribution in [0.4, 0.5) is 0 Å². The van der Waals surface area contributed by atoms with E-state index in [1.807, 2.05) is 0 Å². The van der Waals surface area contributed by atoms with E-state index in [-0.39, 0.29) is 0 Å². The van der Waals surface area contributed by atoms with Crippen molar-refractivity contribution >= 4 is 54.3 Å². The summed E-state index contributed by atoms with van der Waals surface area (Å²) in [5, 5.41) is 8.84. The number of para-hydroxylation sites is 1. The highest BCUT2D eigenvalue weighted by atomic mass is 15.0. The van der Waals surface area contributed by atoms with E-state index in [2.05, 4.69) is 191 Å². The van der Waals surface area contributed by atoms with Crippen LogP contribution < -0.4 is 0 Å². The molecule has 0 fully saturated rings. The van der Waals surface area contributed by atoms with E-state index >= 15 is 0 Å². The molecule has 0 spiro atoms. The highest BCUT2D eigenvalue weighted by Gasteiger charge is 2.17. The lowest BCUT2D eigenvalue weighted by atomic mass is 9.98. The molecule has 0 aliphatic heterocycles. The maximum Gasteiger partial charge on any atom is 0.0635 e. The van der Waals surface area contributed by atoms with Gasteiger partial charge >= 0.3 is 0 Å². The molecule has 0 amide bonds. The van der Waals surface area contributed by atoms with Crippen molar-refractivity contribution in [3.8, 4) is 33.6 Å². The van der Waals surface area contributed by atoms with Crippen LogP contribution in [0.1, 0.15) is 0 Å². The van der Waals surface area contributed by atoms with E-state index < -0.39 is 0 Å². The maximum atomic E-state index is 2.44. The monoisotopic (exact) mass is 610 g/mol. The molecule has 0 aliphatic rings. The average Bonchev–Trinajstić information content (AvgIpc) is 3.74. The van der Waals surface area contributed by atoms with Gasteiger partial charge in [-0.1, -0.05) is 115 Å². The fourth-order valence-electron chi connectivity index (χ4n) is 7.54. The second-order valence-electron chi connectivity index (χ2n) is 12.7. The van der Waals surface area contributed by atoms with Gasteiger partial charge in [-0.25, -0.2) is 0 Å². The van der Waals surface area contributed by atoms with Crippen LogP contribution in [-0.2, 0) is 0 Å². The van der Waals surface area contributed by atoms with Gasteiger partial charge in [0.05, 0.1) is 16.6 Å². The zero-order chi connectivity index (χ0) is 31.6. The standard InChI is InChI=1S/C46H30N2/c1-2-8-31(9-3-1)32-16-20-39(21-17-32)47-27-26-43-44(47)25-24-42-41-12-6-7-13-45(41)48(46(42)43)40-22-18-33(19-23-40)36-14-15-37-28-34-10-4-5-11-35(34)29-38(37)30-36/h1-30H. The minimum atomic E-state index is 1.15. The first kappa shape index (κ1) is 26.8. The molecule has 0 bridgehead atoms. The first-order chi connectivity index (χ1) is 23.8. The van der Waals surface area contributed by atoms with Crippen LogP contribution in [0, 0.1) is 0 Å². The number of fused-ring (bicyclic) bond motifs is 7. The molecule has 2 aromatic heterocycles. The van der Waals surface area contributed by atoms with Crippen LogP contribution in [0.15, 0.2) is 182 Å². The highest BCUT2D eigenvalue weighted by molar-refractivity contribution is 6.18. The third kappa shape index (κ3) is 4.20. The third-order valence-corrected chi connectivity index (χ3v) is 9.92. The molecule has 0 saturated heterocycles. The SMILES string of the molecule is c1ccc(-c2ccc(-n3ccc4c3ccc3c5ccccc5n(-c5ccc(-c6ccc7cc8ccccc8cc7c6)cc5)c34)cc2)cc1. The zero-order valence-corrected chi connectivity index (χ0v) is 26.2. The summed E-state index contributed by atoms with van der Waals surface area (Å²) in [7, 11) is 0. The largest absolute Gasteiger partial charge is 0.316 e. The summed E-state index contributed by atoms with van der Waals surface area (Å²) in [4.78, 5) is 0. The normalized spacial score (nSPS) is 11.8. The van der Waals surface area contributed by atoms with Gasteiger partial charge < -0.3 is 9.13 Å². The molecular formula is C46H30N2. The van der Waals surface area contributed by atoms with Crippen molar-refractivity contribution in [2.75, 3.05) is 0 Å². The first-order valence-corrected chi connectivity index (χ1v) is 16.5. The van der Waals surface area contributed by atoms with Crippen LogP contribution in [-0.4, -0.2) is 9.13 Å². The predicted molar refractivity (Wildman–Crippen MR) is 203 cm³/mol. The van der Waals surface area contributed by atoms with Gasteiger partial charge in [-0.2, -0.15) is 0 Å². The van der Waals surface area contributed by atoms with Gasteiger partial charge in [-0.05, 0) is 104 Å². The molecule has 10 aromatic rings. The van der Waals surface area contributed by atoms with Crippen LogP contribution in [0.5, 0.6) is 0 Å². The Balaban J connectivity index is 1.09. The van der Waals surface area contributed by atoms with Gasteiger partial charge in [0.2, 0.25) is 0 Å². The van der Waals surface area contributed by atoms with Crippen molar-refractivity contribution in [1.82, 2.24) is 9.13 Å². The highest BCUT2D eigenvalue weighted by Crippen LogP contribution is 2.38. The number of hydrogen-bond acceptors (Lipinski definition) is 0. The van der Waals surface area contributed by atoms with Gasteiger partial charge in [0.1, 0.15) is 0 Å². The fraction of sp³-hybridized carbons (Fsp3) is 0. The molecule has 8 aromatic carbocycles. The Morgan fingerprint density at radius 1 is 0.312 bits per heavy atom. The minimum Gasteiger partial charge on any atom is -0.316 e. The van der Waals surface area contributed by atoms with Gasteiger partial charge in [0, 0.05) is 33.7 Å². The number of nitrogens with zero attached hydrogens (tertiary/aromatic N) is 2. The second kappa shape index (κ2) is 10.6. The summed E-state index contributed by atoms with van der Waals surface area (Å²) < 4.78 is 4.74. The van der Waals surface area contributed by atoms with Crippen molar-refractivity contribution < 1.29 is 0 Å². The summed E-state index contributed by atoms with van der Waals surface area (Å²) in [6.45, 7) is 0. The van der Waals surface area contributed by atoms with Gasteiger partial charge in [0.15, 0.2) is 0 Å². The lowest BCUT2D eigenvalue weighted by Gasteiger charge is -2.12. The topological polar surface area (TPSA) is 9.86 Å². The first-order valence-electron chi connectivity index (χ1n) is 16.5. The molecule has 0 atom stereocenters. The summed E-state index contributed by atoms with van der Waals surface area (Å²) >= 11 is 0. The molecule has 10 rings (SSSR count). The zero-order valence-electron chi connectivity index (χ0n) is 26.2. The molecule has 2 heteroatoms. The van der Waals surface area contributed by atoms with E-state index in [9.17, 15) is 0 Å². The fourth-order valence-corrected chi connectivity index (χ4v) is 7.54. The quantitative estimate of drug-likeness (QED) is 0.175. The molecule has 2 nitrogen and oxygen atoms in total. The van der Waals surface area contributed by atoms with E-state index in [1.54, 1.807) is 0 Å². The van der Waals surface area contributed by atoms with Gasteiger partial charge in [-0.15, -0.1) is 0 Å². The third-order valence-electron chi connectivity index (χ3n) is 9.92. The van der Waals surface area contributed by atoms with E-state index in [0.29, 0.717) is 0 Å². The molecule has 0 aliphatic carbocycles. The van der Waals surface area contributed by atoms with Crippen molar-refractivity contribution in [2.24, 2.45) is 0 Å². The molecule has 0 radical (unpaired) electrons. The predicted octanol–water partition coefficient (Wildman–Crippen LogP) is 12.4. The van der Waals surface area contributed by atoms with Crippen molar-refractivity contribution in [3.63, 3.8) is 0 Å². The van der Waals surface area contributed by atoms with Crippen LogP contribution in [0.2, 0.25) is 0 Å².